The number of halogens is 2. The number of hydrogen-bond acceptors (Lipinski definition) is 6. The lowest BCUT2D eigenvalue weighted by atomic mass is 10.1. The molecule has 0 unspecified atom stereocenters. The molecule has 104 valence electrons. The zero-order chi connectivity index (χ0) is 14.6. The van der Waals surface area contributed by atoms with Crippen LogP contribution in [-0.4, -0.2) is 22.5 Å². The molecule has 19 heavy (non-hydrogen) atoms. The summed E-state index contributed by atoms with van der Waals surface area (Å²) in [5.74, 6) is -1.55. The average Bonchev–Trinajstić information content (AvgIpc) is 2.28. The molecule has 0 aliphatic carbocycles. The van der Waals surface area contributed by atoms with Crippen LogP contribution in [-0.2, 0) is 16.0 Å². The Morgan fingerprint density at radius 2 is 2.26 bits per heavy atom. The van der Waals surface area contributed by atoms with Gasteiger partial charge in [-0.3, -0.25) is 4.79 Å². The summed E-state index contributed by atoms with van der Waals surface area (Å²) in [5.41, 5.74) is 3.88. The van der Waals surface area contributed by atoms with Gasteiger partial charge in [-0.25, -0.2) is 8.78 Å². The summed E-state index contributed by atoms with van der Waals surface area (Å²) in [6.45, 7) is 1.67. The third-order valence-electron chi connectivity index (χ3n) is 2.16. The zero-order valence-corrected chi connectivity index (χ0v) is 9.93. The third-order valence-corrected chi connectivity index (χ3v) is 2.16. The monoisotopic (exact) mass is 275 g/mol. The lowest BCUT2D eigenvalue weighted by molar-refractivity contribution is -0.390. The van der Waals surface area contributed by atoms with Gasteiger partial charge in [-0.2, -0.15) is 0 Å². The molecule has 0 saturated heterocycles. The molecule has 0 spiro atoms. The number of esters is 1. The van der Waals surface area contributed by atoms with Gasteiger partial charge in [-0.1, -0.05) is 0 Å². The Labute approximate surface area is 106 Å². The lowest BCUT2D eigenvalue weighted by Crippen LogP contribution is -2.12. The molecule has 0 radical (unpaired) electrons. The van der Waals surface area contributed by atoms with Crippen LogP contribution in [0.2, 0.25) is 0 Å². The van der Waals surface area contributed by atoms with Crippen LogP contribution in [0.3, 0.4) is 0 Å². The molecule has 0 aliphatic rings. The van der Waals surface area contributed by atoms with Crippen LogP contribution in [0, 0.1) is 10.1 Å². The molecule has 1 aromatic heterocycles. The van der Waals surface area contributed by atoms with Crippen LogP contribution in [0.25, 0.3) is 0 Å². The van der Waals surface area contributed by atoms with Crippen LogP contribution in [0.4, 0.5) is 20.3 Å². The van der Waals surface area contributed by atoms with Crippen molar-refractivity contribution in [1.82, 2.24) is 4.98 Å². The number of nitrogen functional groups attached to an aromatic ring is 1. The highest BCUT2D eigenvalue weighted by Gasteiger charge is 2.27. The first-order valence-electron chi connectivity index (χ1n) is 5.24. The number of rotatable bonds is 5. The van der Waals surface area contributed by atoms with Crippen LogP contribution in [0.15, 0.2) is 6.07 Å². The number of aromatic nitrogens is 1. The first-order chi connectivity index (χ1) is 8.86. The fourth-order valence-corrected chi connectivity index (χ4v) is 1.41. The molecule has 1 rings (SSSR count). The molecule has 0 aliphatic heterocycles. The van der Waals surface area contributed by atoms with Gasteiger partial charge in [0.1, 0.15) is 0 Å². The number of alkyl halides is 2. The second-order valence-electron chi connectivity index (χ2n) is 3.49. The normalized spacial score (nSPS) is 10.5. The summed E-state index contributed by atoms with van der Waals surface area (Å²) in [6.07, 6.45) is -3.49. The van der Waals surface area contributed by atoms with E-state index in [4.69, 9.17) is 5.73 Å². The molecule has 9 heteroatoms. The average molecular weight is 275 g/mol. The Bertz CT molecular complexity index is 508. The second-order valence-corrected chi connectivity index (χ2v) is 3.49. The minimum absolute atomic E-state index is 0.102. The number of anilines is 1. The number of hydrogen-bond donors (Lipinski definition) is 1. The first-order valence-corrected chi connectivity index (χ1v) is 5.24. The van der Waals surface area contributed by atoms with E-state index in [0.29, 0.717) is 0 Å². The maximum atomic E-state index is 12.5. The molecule has 0 bridgehead atoms. The fourth-order valence-electron chi connectivity index (χ4n) is 1.41. The molecule has 1 aromatic rings. The van der Waals surface area contributed by atoms with Crippen LogP contribution >= 0.6 is 0 Å². The second kappa shape index (κ2) is 6.03. The molecular formula is C10H11F2N3O4. The topological polar surface area (TPSA) is 108 Å². The van der Waals surface area contributed by atoms with Gasteiger partial charge in [0, 0.05) is 0 Å². The number of nitro groups is 1. The molecular weight excluding hydrogens is 264 g/mol. The molecule has 0 atom stereocenters. The van der Waals surface area contributed by atoms with Gasteiger partial charge in [0.05, 0.1) is 24.3 Å². The zero-order valence-electron chi connectivity index (χ0n) is 9.93. The number of nitrogens with two attached hydrogens (primary N) is 1. The van der Waals surface area contributed by atoms with Crippen LogP contribution < -0.4 is 5.73 Å². The van der Waals surface area contributed by atoms with Crippen LogP contribution in [0.5, 0.6) is 0 Å². The number of carbonyl (C=O) groups is 1. The SMILES string of the molecule is CCOC(=O)Cc1cc(N)c(C(F)F)nc1[N+](=O)[O-]. The highest BCUT2D eigenvalue weighted by molar-refractivity contribution is 5.74. The molecule has 1 heterocycles. The summed E-state index contributed by atoms with van der Waals surface area (Å²) in [4.78, 5) is 24.3. The molecule has 0 saturated carbocycles. The van der Waals surface area contributed by atoms with E-state index in [1.165, 1.54) is 0 Å². The Balaban J connectivity index is 3.20. The van der Waals surface area contributed by atoms with E-state index in [2.05, 4.69) is 9.72 Å². The van der Waals surface area contributed by atoms with Gasteiger partial charge in [-0.05, 0) is 22.9 Å². The molecule has 7 nitrogen and oxygen atoms in total. The van der Waals surface area contributed by atoms with E-state index < -0.39 is 40.9 Å². The predicted molar refractivity (Wildman–Crippen MR) is 60.6 cm³/mol. The van der Waals surface area contributed by atoms with Crippen molar-refractivity contribution >= 4 is 17.5 Å². The van der Waals surface area contributed by atoms with Gasteiger partial charge in [0.25, 0.3) is 0 Å². The van der Waals surface area contributed by atoms with E-state index in [1.807, 2.05) is 0 Å². The maximum Gasteiger partial charge on any atom is 0.367 e. The summed E-state index contributed by atoms with van der Waals surface area (Å²) in [6, 6.07) is 0.948. The first kappa shape index (κ1) is 14.7. The molecule has 0 fully saturated rings. The molecule has 0 aromatic carbocycles. The van der Waals surface area contributed by atoms with E-state index in [1.54, 1.807) is 6.92 Å². The van der Waals surface area contributed by atoms with Gasteiger partial charge >= 0.3 is 18.2 Å². The van der Waals surface area contributed by atoms with Gasteiger partial charge in [0.2, 0.25) is 5.69 Å². The smallest absolute Gasteiger partial charge is 0.367 e. The van der Waals surface area contributed by atoms with Crippen LogP contribution in [0.1, 0.15) is 24.6 Å². The van der Waals surface area contributed by atoms with E-state index >= 15 is 0 Å². The Morgan fingerprint density at radius 3 is 2.74 bits per heavy atom. The summed E-state index contributed by atoms with van der Waals surface area (Å²) in [5, 5.41) is 10.8. The van der Waals surface area contributed by atoms with Crippen molar-refractivity contribution in [3.63, 3.8) is 0 Å². The minimum atomic E-state index is -3.03. The van der Waals surface area contributed by atoms with Gasteiger partial charge in [0.15, 0.2) is 0 Å². The number of nitrogens with zero attached hydrogens (tertiary/aromatic N) is 2. The standard InChI is InChI=1S/C10H11F2N3O4/c1-2-19-7(16)4-5-3-6(13)8(9(11)12)14-10(5)15(17)18/h3,9H,2,4,13H2,1H3. The highest BCUT2D eigenvalue weighted by Crippen LogP contribution is 2.28. The van der Waals surface area contributed by atoms with E-state index in [9.17, 15) is 23.7 Å². The Morgan fingerprint density at radius 1 is 1.63 bits per heavy atom. The highest BCUT2D eigenvalue weighted by atomic mass is 19.3. The van der Waals surface area contributed by atoms with Crippen molar-refractivity contribution < 1.29 is 23.2 Å². The Kier molecular flexibility index (Phi) is 4.67. The van der Waals surface area contributed by atoms with Crippen molar-refractivity contribution in [2.45, 2.75) is 19.8 Å². The van der Waals surface area contributed by atoms with Crippen molar-refractivity contribution in [3.8, 4) is 0 Å². The quantitative estimate of drug-likeness (QED) is 0.497. The maximum absolute atomic E-state index is 12.5. The van der Waals surface area contributed by atoms with E-state index in [-0.39, 0.29) is 12.2 Å². The number of ether oxygens (including phenoxy) is 1. The summed E-state index contributed by atoms with van der Waals surface area (Å²) < 4.78 is 29.7. The van der Waals surface area contributed by atoms with Crippen molar-refractivity contribution in [2.24, 2.45) is 0 Å². The predicted octanol–water partition coefficient (Wildman–Crippen LogP) is 1.62. The minimum Gasteiger partial charge on any atom is -0.466 e. The largest absolute Gasteiger partial charge is 0.466 e. The molecule has 0 amide bonds. The summed E-state index contributed by atoms with van der Waals surface area (Å²) in [7, 11) is 0. The molecule has 2 N–H and O–H groups in total. The van der Waals surface area contributed by atoms with E-state index in [0.717, 1.165) is 6.07 Å². The van der Waals surface area contributed by atoms with Gasteiger partial charge in [-0.15, -0.1) is 0 Å². The van der Waals surface area contributed by atoms with Crippen molar-refractivity contribution in [3.05, 3.63) is 27.4 Å². The number of carbonyl (C=O) groups excluding carboxylic acids is 1. The Hall–Kier alpha value is -2.32. The third kappa shape index (κ3) is 3.57. The van der Waals surface area contributed by atoms with Gasteiger partial charge < -0.3 is 20.6 Å². The number of pyridine rings is 1. The summed E-state index contributed by atoms with van der Waals surface area (Å²) >= 11 is 0. The lowest BCUT2D eigenvalue weighted by Gasteiger charge is -2.06. The van der Waals surface area contributed by atoms with Crippen molar-refractivity contribution in [2.75, 3.05) is 12.3 Å². The van der Waals surface area contributed by atoms with Crippen molar-refractivity contribution in [1.29, 1.82) is 0 Å². The fraction of sp³-hybridized carbons (Fsp3) is 0.400.